The minimum Gasteiger partial charge on any atom is -0.462 e. The van der Waals surface area contributed by atoms with Gasteiger partial charge in [0.25, 0.3) is 0 Å². The molecule has 0 aliphatic heterocycles. The lowest BCUT2D eigenvalue weighted by molar-refractivity contribution is -0.161. The van der Waals surface area contributed by atoms with Crippen LogP contribution in [-0.4, -0.2) is 96.7 Å². The van der Waals surface area contributed by atoms with Crippen LogP contribution in [0.25, 0.3) is 0 Å². The van der Waals surface area contributed by atoms with E-state index >= 15 is 0 Å². The first kappa shape index (κ1) is 91.1. The Kier molecular flexibility index (Phi) is 65.9. The number of carbonyl (C=O) groups is 4. The van der Waals surface area contributed by atoms with Gasteiger partial charge in [0.2, 0.25) is 0 Å². The maximum Gasteiger partial charge on any atom is 0.472 e. The van der Waals surface area contributed by atoms with Crippen LogP contribution in [0.2, 0.25) is 0 Å². The van der Waals surface area contributed by atoms with Crippen molar-refractivity contribution in [1.29, 1.82) is 0 Å². The minimum atomic E-state index is -4.95. The molecule has 0 rings (SSSR count). The van der Waals surface area contributed by atoms with Crippen LogP contribution in [0, 0.1) is 5.92 Å². The zero-order valence-electron chi connectivity index (χ0n) is 60.4. The summed E-state index contributed by atoms with van der Waals surface area (Å²) in [4.78, 5) is 72.3. The fraction of sp³-hybridized carbons (Fsp3) is 0.946. The van der Waals surface area contributed by atoms with Crippen LogP contribution in [0.15, 0.2) is 0 Å². The number of aliphatic hydroxyl groups is 1. The molecule has 0 saturated carbocycles. The molecule has 0 heterocycles. The molecular formula is C74H144O17P2. The van der Waals surface area contributed by atoms with Gasteiger partial charge in [0, 0.05) is 25.7 Å². The summed E-state index contributed by atoms with van der Waals surface area (Å²) >= 11 is 0. The number of phosphoric ester groups is 2. The maximum atomic E-state index is 13.1. The molecule has 552 valence electrons. The van der Waals surface area contributed by atoms with Crippen molar-refractivity contribution < 1.29 is 80.2 Å². The molecule has 0 aromatic rings. The summed E-state index contributed by atoms with van der Waals surface area (Å²) in [6.07, 6.45) is 56.3. The highest BCUT2D eigenvalue weighted by Crippen LogP contribution is 2.45. The Labute approximate surface area is 568 Å². The standard InChI is InChI=1S/C74H144O17P2/c1-6-9-12-15-17-19-20-21-22-23-24-25-26-27-28-31-35-38-41-45-50-55-60-74(79)91-70(64-85-72(77)58-53-48-44-40-37-34-32-29-30-33-36-39-42-47-51-56-67(4)5)66-89-93(82,83)87-62-68(75)61-86-92(80,81)88-65-69(63-84-71(76)57-52-46-14-11-8-3)90-73(78)59-54-49-43-18-16-13-10-7-2/h67-70,75H,6-66H2,1-5H3,(H,80,81)(H,82,83)/t68-,69+,70+/m0/s1. The second-order valence-electron chi connectivity index (χ2n) is 27.2. The normalized spacial score (nSPS) is 14.0. The molecular weight excluding hydrogens is 1220 g/mol. The van der Waals surface area contributed by atoms with Crippen LogP contribution >= 0.6 is 15.6 Å². The van der Waals surface area contributed by atoms with Crippen LogP contribution < -0.4 is 0 Å². The first-order valence-electron chi connectivity index (χ1n) is 38.6. The lowest BCUT2D eigenvalue weighted by Crippen LogP contribution is -2.30. The highest BCUT2D eigenvalue weighted by atomic mass is 31.2. The van der Waals surface area contributed by atoms with Crippen molar-refractivity contribution in [1.82, 2.24) is 0 Å². The van der Waals surface area contributed by atoms with E-state index in [0.717, 1.165) is 109 Å². The zero-order valence-corrected chi connectivity index (χ0v) is 62.2. The number of esters is 4. The molecule has 0 spiro atoms. The first-order valence-corrected chi connectivity index (χ1v) is 41.6. The maximum absolute atomic E-state index is 13.1. The second-order valence-corrected chi connectivity index (χ2v) is 30.1. The van der Waals surface area contributed by atoms with E-state index in [1.807, 2.05) is 0 Å². The minimum absolute atomic E-state index is 0.104. The number of unbranched alkanes of at least 4 members (excludes halogenated alkanes) is 46. The smallest absolute Gasteiger partial charge is 0.462 e. The predicted octanol–water partition coefficient (Wildman–Crippen LogP) is 21.7. The average Bonchev–Trinajstić information content (AvgIpc) is 2.48. The van der Waals surface area contributed by atoms with Gasteiger partial charge in [-0.25, -0.2) is 9.13 Å². The first-order chi connectivity index (χ1) is 45.0. The molecule has 17 nitrogen and oxygen atoms in total. The van der Waals surface area contributed by atoms with E-state index in [4.69, 9.17) is 37.0 Å². The van der Waals surface area contributed by atoms with Gasteiger partial charge >= 0.3 is 39.5 Å². The van der Waals surface area contributed by atoms with Crippen molar-refractivity contribution in [3.05, 3.63) is 0 Å². The van der Waals surface area contributed by atoms with Crippen molar-refractivity contribution >= 4 is 39.5 Å². The van der Waals surface area contributed by atoms with Crippen molar-refractivity contribution in [2.24, 2.45) is 5.92 Å². The van der Waals surface area contributed by atoms with Gasteiger partial charge in [0.05, 0.1) is 26.4 Å². The fourth-order valence-electron chi connectivity index (χ4n) is 11.4. The van der Waals surface area contributed by atoms with E-state index in [9.17, 15) is 43.2 Å². The predicted molar refractivity (Wildman–Crippen MR) is 377 cm³/mol. The van der Waals surface area contributed by atoms with Gasteiger partial charge < -0.3 is 33.8 Å². The van der Waals surface area contributed by atoms with Gasteiger partial charge in [-0.05, 0) is 31.6 Å². The summed E-state index contributed by atoms with van der Waals surface area (Å²) in [5.41, 5.74) is 0. The van der Waals surface area contributed by atoms with E-state index in [-0.39, 0.29) is 25.7 Å². The Hall–Kier alpha value is -1.94. The number of phosphoric acid groups is 2. The zero-order chi connectivity index (χ0) is 68.4. The summed E-state index contributed by atoms with van der Waals surface area (Å²) in [6.45, 7) is 7.18. The van der Waals surface area contributed by atoms with Gasteiger partial charge in [-0.15, -0.1) is 0 Å². The summed E-state index contributed by atoms with van der Waals surface area (Å²) in [5, 5.41) is 10.6. The number of carbonyl (C=O) groups excluding carboxylic acids is 4. The molecule has 19 heteroatoms. The SMILES string of the molecule is CCCCCCCCCCCCCCCCCCCCCCCCC(=O)O[C@H](COC(=O)CCCCCCCCCCCCCCCCCC(C)C)COP(=O)(O)OC[C@@H](O)COP(=O)(O)OC[C@@H](COC(=O)CCCCCCC)OC(=O)CCCCCCCCCC. The summed E-state index contributed by atoms with van der Waals surface area (Å²) in [7, 11) is -9.89. The molecule has 93 heavy (non-hydrogen) atoms. The average molecular weight is 1370 g/mol. The number of hydrogen-bond donors (Lipinski definition) is 3. The number of hydrogen-bond acceptors (Lipinski definition) is 15. The Morgan fingerprint density at radius 2 is 0.495 bits per heavy atom. The van der Waals surface area contributed by atoms with Crippen LogP contribution in [0.5, 0.6) is 0 Å². The highest BCUT2D eigenvalue weighted by molar-refractivity contribution is 7.47. The van der Waals surface area contributed by atoms with Crippen molar-refractivity contribution in [2.75, 3.05) is 39.6 Å². The third-order valence-electron chi connectivity index (χ3n) is 17.3. The summed E-state index contributed by atoms with van der Waals surface area (Å²) in [6, 6.07) is 0. The molecule has 0 amide bonds. The van der Waals surface area contributed by atoms with Crippen LogP contribution in [0.3, 0.4) is 0 Å². The van der Waals surface area contributed by atoms with E-state index in [0.29, 0.717) is 25.7 Å². The van der Waals surface area contributed by atoms with Crippen molar-refractivity contribution in [3.8, 4) is 0 Å². The molecule has 0 aromatic carbocycles. The number of rotatable bonds is 74. The summed E-state index contributed by atoms with van der Waals surface area (Å²) in [5.74, 6) is -1.33. The fourth-order valence-corrected chi connectivity index (χ4v) is 12.9. The molecule has 0 aliphatic rings. The van der Waals surface area contributed by atoms with E-state index < -0.39 is 97.5 Å². The monoisotopic (exact) mass is 1370 g/mol. The van der Waals surface area contributed by atoms with Gasteiger partial charge in [-0.3, -0.25) is 37.3 Å². The molecule has 0 bridgehead atoms. The molecule has 3 N–H and O–H groups in total. The third kappa shape index (κ3) is 68.4. The second kappa shape index (κ2) is 67.3. The highest BCUT2D eigenvalue weighted by Gasteiger charge is 2.30. The molecule has 0 saturated heterocycles. The van der Waals surface area contributed by atoms with Crippen LogP contribution in [0.4, 0.5) is 0 Å². The molecule has 0 radical (unpaired) electrons. The van der Waals surface area contributed by atoms with E-state index in [2.05, 4.69) is 34.6 Å². The van der Waals surface area contributed by atoms with Crippen LogP contribution in [0.1, 0.15) is 388 Å². The molecule has 0 aliphatic carbocycles. The topological polar surface area (TPSA) is 237 Å². The number of aliphatic hydroxyl groups excluding tert-OH is 1. The lowest BCUT2D eigenvalue weighted by atomic mass is 10.0. The quantitative estimate of drug-likeness (QED) is 0.0222. The Bertz CT molecular complexity index is 1790. The molecule has 0 fully saturated rings. The Morgan fingerprint density at radius 1 is 0.290 bits per heavy atom. The van der Waals surface area contributed by atoms with Gasteiger partial charge in [-0.1, -0.05) is 336 Å². The van der Waals surface area contributed by atoms with Crippen molar-refractivity contribution in [3.63, 3.8) is 0 Å². The molecule has 0 aromatic heterocycles. The van der Waals surface area contributed by atoms with Gasteiger partial charge in [-0.2, -0.15) is 0 Å². The number of ether oxygens (including phenoxy) is 4. The Morgan fingerprint density at radius 3 is 0.731 bits per heavy atom. The largest absolute Gasteiger partial charge is 0.472 e. The lowest BCUT2D eigenvalue weighted by Gasteiger charge is -2.21. The molecule has 5 atom stereocenters. The van der Waals surface area contributed by atoms with Crippen LogP contribution in [-0.2, 0) is 65.4 Å². The van der Waals surface area contributed by atoms with Gasteiger partial charge in [0.15, 0.2) is 12.2 Å². The summed E-state index contributed by atoms with van der Waals surface area (Å²) < 4.78 is 68.1. The van der Waals surface area contributed by atoms with Crippen molar-refractivity contribution in [2.45, 2.75) is 406 Å². The third-order valence-corrected chi connectivity index (χ3v) is 19.2. The van der Waals surface area contributed by atoms with E-state index in [1.165, 1.54) is 199 Å². The molecule has 2 unspecified atom stereocenters. The van der Waals surface area contributed by atoms with Gasteiger partial charge in [0.1, 0.15) is 19.3 Å². The Balaban J connectivity index is 5.07. The van der Waals surface area contributed by atoms with E-state index in [1.54, 1.807) is 0 Å².